The fraction of sp³-hybridized carbons (Fsp3) is 0.407. The lowest BCUT2D eigenvalue weighted by Crippen LogP contribution is -2.31. The SMILES string of the molecule is COc1cc(C2c3c(-c4cc(Cl)c(C)cc4O)n[nH]c3C(=O)N2CCCOC(C)C)cc(OC)c1OC. The fourth-order valence-electron chi connectivity index (χ4n) is 4.65. The van der Waals surface area contributed by atoms with Crippen LogP contribution >= 0.6 is 11.6 Å². The van der Waals surface area contributed by atoms with E-state index in [1.807, 2.05) is 32.9 Å². The zero-order valence-electron chi connectivity index (χ0n) is 21.8. The molecule has 0 bridgehead atoms. The Bertz CT molecular complexity index is 1280. The Balaban J connectivity index is 1.87. The highest BCUT2D eigenvalue weighted by Crippen LogP contribution is 2.48. The van der Waals surface area contributed by atoms with Gasteiger partial charge in [-0.15, -0.1) is 0 Å². The summed E-state index contributed by atoms with van der Waals surface area (Å²) in [6.07, 6.45) is 0.734. The number of methoxy groups -OCH3 is 3. The van der Waals surface area contributed by atoms with E-state index < -0.39 is 6.04 Å². The topological polar surface area (TPSA) is 106 Å². The molecule has 3 aromatic rings. The number of nitrogens with zero attached hydrogens (tertiary/aromatic N) is 2. The molecule has 1 aromatic heterocycles. The average molecular weight is 530 g/mol. The van der Waals surface area contributed by atoms with E-state index in [-0.39, 0.29) is 17.8 Å². The molecule has 0 saturated heterocycles. The van der Waals surface area contributed by atoms with Crippen molar-refractivity contribution in [1.82, 2.24) is 15.1 Å². The van der Waals surface area contributed by atoms with Gasteiger partial charge in [0.25, 0.3) is 5.91 Å². The van der Waals surface area contributed by atoms with Crippen LogP contribution in [0, 0.1) is 6.92 Å². The first-order valence-corrected chi connectivity index (χ1v) is 12.4. The van der Waals surface area contributed by atoms with Gasteiger partial charge in [0.1, 0.15) is 17.1 Å². The van der Waals surface area contributed by atoms with Gasteiger partial charge in [0.2, 0.25) is 5.75 Å². The molecule has 0 fully saturated rings. The molecule has 9 nitrogen and oxygen atoms in total. The van der Waals surface area contributed by atoms with E-state index in [1.54, 1.807) is 31.3 Å². The number of hydrogen-bond acceptors (Lipinski definition) is 7. The van der Waals surface area contributed by atoms with Crippen LogP contribution in [-0.2, 0) is 4.74 Å². The number of phenols is 1. The second-order valence-electron chi connectivity index (χ2n) is 9.11. The number of phenolic OH excluding ortho intramolecular Hbond substituents is 1. The van der Waals surface area contributed by atoms with Crippen molar-refractivity contribution in [2.24, 2.45) is 0 Å². The maximum Gasteiger partial charge on any atom is 0.273 e. The summed E-state index contributed by atoms with van der Waals surface area (Å²) in [5, 5.41) is 18.6. The minimum Gasteiger partial charge on any atom is -0.507 e. The molecule has 0 spiro atoms. The molecular weight excluding hydrogens is 498 g/mol. The van der Waals surface area contributed by atoms with Gasteiger partial charge in [-0.1, -0.05) is 11.6 Å². The molecular formula is C27H32ClN3O6. The number of aromatic nitrogens is 2. The van der Waals surface area contributed by atoms with Crippen molar-refractivity contribution in [1.29, 1.82) is 0 Å². The van der Waals surface area contributed by atoms with Crippen LogP contribution in [0.5, 0.6) is 23.0 Å². The molecule has 1 aliphatic rings. The normalized spacial score (nSPS) is 14.9. The molecule has 37 heavy (non-hydrogen) atoms. The van der Waals surface area contributed by atoms with Crippen molar-refractivity contribution in [3.63, 3.8) is 0 Å². The van der Waals surface area contributed by atoms with Gasteiger partial charge in [0, 0.05) is 29.3 Å². The summed E-state index contributed by atoms with van der Waals surface area (Å²) in [4.78, 5) is 15.4. The molecule has 1 unspecified atom stereocenters. The molecule has 4 rings (SSSR count). The smallest absolute Gasteiger partial charge is 0.273 e. The van der Waals surface area contributed by atoms with E-state index >= 15 is 0 Å². The molecule has 2 N–H and O–H groups in total. The number of H-pyrrole nitrogens is 1. The average Bonchev–Trinajstić information content (AvgIpc) is 3.41. The Morgan fingerprint density at radius 1 is 1.11 bits per heavy atom. The zero-order valence-corrected chi connectivity index (χ0v) is 22.6. The number of amides is 1. The first-order valence-electron chi connectivity index (χ1n) is 12.0. The van der Waals surface area contributed by atoms with Crippen LogP contribution in [0.4, 0.5) is 0 Å². The Morgan fingerprint density at radius 3 is 2.38 bits per heavy atom. The molecule has 10 heteroatoms. The summed E-state index contributed by atoms with van der Waals surface area (Å²) < 4.78 is 22.4. The van der Waals surface area contributed by atoms with Gasteiger partial charge >= 0.3 is 0 Å². The minimum absolute atomic E-state index is 0.0241. The molecule has 198 valence electrons. The van der Waals surface area contributed by atoms with Gasteiger partial charge in [-0.3, -0.25) is 9.89 Å². The maximum atomic E-state index is 13.6. The lowest BCUT2D eigenvalue weighted by molar-refractivity contribution is 0.0601. The lowest BCUT2D eigenvalue weighted by Gasteiger charge is -2.27. The van der Waals surface area contributed by atoms with Crippen LogP contribution in [0.2, 0.25) is 5.02 Å². The number of halogens is 1. The molecule has 1 atom stereocenters. The Labute approximate surface area is 221 Å². The highest BCUT2D eigenvalue weighted by Gasteiger charge is 2.43. The Hall–Kier alpha value is -3.43. The molecule has 1 aliphatic heterocycles. The summed E-state index contributed by atoms with van der Waals surface area (Å²) in [7, 11) is 4.63. The third-order valence-corrected chi connectivity index (χ3v) is 6.80. The Morgan fingerprint density at radius 2 is 1.78 bits per heavy atom. The monoisotopic (exact) mass is 529 g/mol. The van der Waals surface area contributed by atoms with Crippen LogP contribution in [0.3, 0.4) is 0 Å². The van der Waals surface area contributed by atoms with E-state index in [0.717, 1.165) is 11.1 Å². The van der Waals surface area contributed by atoms with Gasteiger partial charge in [-0.05, 0) is 62.6 Å². The van der Waals surface area contributed by atoms with Crippen LogP contribution in [0.1, 0.15) is 53.5 Å². The van der Waals surface area contributed by atoms with Gasteiger partial charge in [-0.25, -0.2) is 0 Å². The summed E-state index contributed by atoms with van der Waals surface area (Å²) in [6.45, 7) is 6.71. The zero-order chi connectivity index (χ0) is 26.9. The third-order valence-electron chi connectivity index (χ3n) is 6.39. The number of benzene rings is 2. The van der Waals surface area contributed by atoms with E-state index in [4.69, 9.17) is 30.5 Å². The number of aromatic hydroxyl groups is 1. The molecule has 0 radical (unpaired) electrons. The van der Waals surface area contributed by atoms with E-state index in [1.165, 1.54) is 7.11 Å². The van der Waals surface area contributed by atoms with Crippen LogP contribution < -0.4 is 14.2 Å². The summed E-state index contributed by atoms with van der Waals surface area (Å²) in [5.74, 6) is 1.20. The standard InChI is InChI=1S/C27H32ClN3O6/c1-14(2)37-9-7-8-31-25(16-11-20(34-4)26(36-6)21(12-16)35-5)22-23(29-30-24(22)27(31)33)17-13-18(28)15(3)10-19(17)32/h10-14,25,32H,7-9H2,1-6H3,(H,29,30). The lowest BCUT2D eigenvalue weighted by atomic mass is 9.94. The van der Waals surface area contributed by atoms with Gasteiger partial charge in [0.15, 0.2) is 11.5 Å². The summed E-state index contributed by atoms with van der Waals surface area (Å²) in [5.41, 5.74) is 3.35. The fourth-order valence-corrected chi connectivity index (χ4v) is 4.81. The van der Waals surface area contributed by atoms with E-state index in [0.29, 0.717) is 64.4 Å². The highest BCUT2D eigenvalue weighted by molar-refractivity contribution is 6.31. The number of rotatable bonds is 10. The summed E-state index contributed by atoms with van der Waals surface area (Å²) >= 11 is 6.40. The van der Waals surface area contributed by atoms with Crippen LogP contribution in [0.15, 0.2) is 24.3 Å². The van der Waals surface area contributed by atoms with E-state index in [2.05, 4.69) is 10.2 Å². The molecule has 2 aromatic carbocycles. The predicted molar refractivity (Wildman–Crippen MR) is 140 cm³/mol. The van der Waals surface area contributed by atoms with Crippen LogP contribution in [0.25, 0.3) is 11.3 Å². The molecule has 0 aliphatic carbocycles. The quantitative estimate of drug-likeness (QED) is 0.351. The van der Waals surface area contributed by atoms with Crippen molar-refractivity contribution in [2.75, 3.05) is 34.5 Å². The molecule has 1 amide bonds. The number of aryl methyl sites for hydroxylation is 1. The number of nitrogens with one attached hydrogen (secondary N) is 1. The second kappa shape index (κ2) is 10.9. The summed E-state index contributed by atoms with van der Waals surface area (Å²) in [6, 6.07) is 6.36. The molecule has 2 heterocycles. The van der Waals surface area contributed by atoms with Crippen molar-refractivity contribution < 1.29 is 28.8 Å². The number of carbonyl (C=O) groups is 1. The highest BCUT2D eigenvalue weighted by atomic mass is 35.5. The van der Waals surface area contributed by atoms with Gasteiger partial charge in [0.05, 0.1) is 33.5 Å². The third kappa shape index (κ3) is 4.93. The number of hydrogen-bond donors (Lipinski definition) is 2. The number of aromatic amines is 1. The van der Waals surface area contributed by atoms with E-state index in [9.17, 15) is 9.90 Å². The Kier molecular flexibility index (Phi) is 7.85. The number of fused-ring (bicyclic) bond motifs is 1. The first kappa shape index (κ1) is 26.6. The van der Waals surface area contributed by atoms with Gasteiger partial charge < -0.3 is 29.0 Å². The number of carbonyl (C=O) groups excluding carboxylic acids is 1. The van der Waals surface area contributed by atoms with Crippen molar-refractivity contribution in [3.05, 3.63) is 51.7 Å². The number of ether oxygens (including phenoxy) is 4. The van der Waals surface area contributed by atoms with Gasteiger partial charge in [-0.2, -0.15) is 5.10 Å². The van der Waals surface area contributed by atoms with Crippen molar-refractivity contribution in [3.8, 4) is 34.3 Å². The van der Waals surface area contributed by atoms with Crippen molar-refractivity contribution >= 4 is 17.5 Å². The van der Waals surface area contributed by atoms with Crippen LogP contribution in [-0.4, -0.2) is 66.7 Å². The largest absolute Gasteiger partial charge is 0.507 e. The first-order chi connectivity index (χ1) is 17.7. The maximum absolute atomic E-state index is 13.6. The minimum atomic E-state index is -0.538. The second-order valence-corrected chi connectivity index (χ2v) is 9.52. The van der Waals surface area contributed by atoms with Crippen molar-refractivity contribution in [2.45, 2.75) is 39.3 Å². The molecule has 0 saturated carbocycles. The predicted octanol–water partition coefficient (Wildman–Crippen LogP) is 5.13.